The minimum atomic E-state index is -0.944. The molecule has 7 nitrogen and oxygen atoms in total. The van der Waals surface area contributed by atoms with Gasteiger partial charge in [-0.1, -0.05) is 0 Å². The number of aliphatic hydroxyl groups is 1. The van der Waals surface area contributed by atoms with Gasteiger partial charge in [-0.05, 0) is 13.3 Å². The van der Waals surface area contributed by atoms with E-state index in [0.29, 0.717) is 19.5 Å². The molecule has 1 saturated heterocycles. The first kappa shape index (κ1) is 15.7. The summed E-state index contributed by atoms with van der Waals surface area (Å²) in [7, 11) is 1.60. The molecule has 0 aromatic rings. The number of amides is 2. The molecular formula is C12H22N2O5. The number of rotatable bonds is 6. The Balaban J connectivity index is 2.66. The average Bonchev–Trinajstić information content (AvgIpc) is 2.87. The van der Waals surface area contributed by atoms with Crippen molar-refractivity contribution in [2.75, 3.05) is 40.0 Å². The molecule has 7 heteroatoms. The van der Waals surface area contributed by atoms with Gasteiger partial charge in [0.15, 0.2) is 0 Å². The number of aliphatic carboxylic acids is 1. The van der Waals surface area contributed by atoms with Crippen LogP contribution in [0.1, 0.15) is 13.3 Å². The van der Waals surface area contributed by atoms with Gasteiger partial charge in [0, 0.05) is 26.7 Å². The normalized spacial score (nSPS) is 22.3. The van der Waals surface area contributed by atoms with E-state index in [4.69, 9.17) is 14.9 Å². The van der Waals surface area contributed by atoms with E-state index in [-0.39, 0.29) is 25.9 Å². The molecular weight excluding hydrogens is 252 g/mol. The largest absolute Gasteiger partial charge is 0.481 e. The number of carboxylic acids is 1. The third-order valence-corrected chi connectivity index (χ3v) is 3.41. The van der Waals surface area contributed by atoms with Crippen molar-refractivity contribution in [3.8, 4) is 0 Å². The maximum atomic E-state index is 12.3. The summed E-state index contributed by atoms with van der Waals surface area (Å²) in [6, 6.07) is -0.661. The Morgan fingerprint density at radius 3 is 2.58 bits per heavy atom. The summed E-state index contributed by atoms with van der Waals surface area (Å²) in [5, 5.41) is 17.9. The number of aliphatic hydroxyl groups excluding tert-OH is 1. The highest BCUT2D eigenvalue weighted by Crippen LogP contribution is 2.20. The molecule has 0 radical (unpaired) electrons. The van der Waals surface area contributed by atoms with E-state index < -0.39 is 17.9 Å². The van der Waals surface area contributed by atoms with Gasteiger partial charge in [-0.15, -0.1) is 0 Å². The van der Waals surface area contributed by atoms with Crippen LogP contribution in [0.4, 0.5) is 4.79 Å². The first-order valence-electron chi connectivity index (χ1n) is 6.46. The monoisotopic (exact) mass is 274 g/mol. The number of carbonyl (C=O) groups excluding carboxylic acids is 1. The molecule has 2 unspecified atom stereocenters. The second-order valence-electron chi connectivity index (χ2n) is 4.60. The van der Waals surface area contributed by atoms with Crippen molar-refractivity contribution in [3.05, 3.63) is 0 Å². The predicted molar refractivity (Wildman–Crippen MR) is 67.8 cm³/mol. The molecule has 0 aromatic heterocycles. The molecule has 1 rings (SSSR count). The summed E-state index contributed by atoms with van der Waals surface area (Å²) >= 11 is 0. The number of likely N-dealkylation sites (N-methyl/N-ethyl adjacent to an activating group) is 1. The van der Waals surface area contributed by atoms with E-state index in [0.717, 1.165) is 0 Å². The van der Waals surface area contributed by atoms with Crippen LogP contribution in [0.5, 0.6) is 0 Å². The van der Waals surface area contributed by atoms with E-state index >= 15 is 0 Å². The number of urea groups is 1. The van der Waals surface area contributed by atoms with Crippen LogP contribution in [0.2, 0.25) is 0 Å². The lowest BCUT2D eigenvalue weighted by Gasteiger charge is -2.32. The van der Waals surface area contributed by atoms with Gasteiger partial charge in [-0.2, -0.15) is 0 Å². The number of carboxylic acid groups (broad SMARTS) is 1. The van der Waals surface area contributed by atoms with Crippen molar-refractivity contribution >= 4 is 12.0 Å². The summed E-state index contributed by atoms with van der Waals surface area (Å²) in [5.41, 5.74) is 0. The molecule has 0 saturated carbocycles. The lowest BCUT2D eigenvalue weighted by molar-refractivity contribution is -0.142. The fourth-order valence-electron chi connectivity index (χ4n) is 2.18. The molecule has 1 heterocycles. The number of ether oxygens (including phenoxy) is 1. The molecule has 1 aliphatic heterocycles. The summed E-state index contributed by atoms with van der Waals surface area (Å²) in [6.07, 6.45) is 0.511. The minimum absolute atomic E-state index is 0.0256. The number of hydrogen-bond donors (Lipinski definition) is 2. The van der Waals surface area contributed by atoms with Crippen LogP contribution in [-0.2, 0) is 9.53 Å². The van der Waals surface area contributed by atoms with Crippen LogP contribution >= 0.6 is 0 Å². The maximum absolute atomic E-state index is 12.3. The van der Waals surface area contributed by atoms with E-state index in [9.17, 15) is 9.59 Å². The number of nitrogens with zero attached hydrogens (tertiary/aromatic N) is 2. The molecule has 110 valence electrons. The fraction of sp³-hybridized carbons (Fsp3) is 0.833. The van der Waals surface area contributed by atoms with Crippen molar-refractivity contribution in [1.82, 2.24) is 9.80 Å². The third-order valence-electron chi connectivity index (χ3n) is 3.41. The van der Waals surface area contributed by atoms with Crippen LogP contribution in [-0.4, -0.2) is 78.0 Å². The standard InChI is InChI=1S/C12H22N2O5/c1-3-14(5-4-6-15)12(18)13(2)10-8-19-7-9(10)11(16)17/h9-10,15H,3-8H2,1-2H3,(H,16,17). The van der Waals surface area contributed by atoms with Crippen molar-refractivity contribution in [3.63, 3.8) is 0 Å². The fourth-order valence-corrected chi connectivity index (χ4v) is 2.18. The third kappa shape index (κ3) is 3.81. The predicted octanol–water partition coefficient (Wildman–Crippen LogP) is -0.158. The first-order chi connectivity index (χ1) is 9.02. The molecule has 0 aliphatic carbocycles. The average molecular weight is 274 g/mol. The smallest absolute Gasteiger partial charge is 0.320 e. The van der Waals surface area contributed by atoms with E-state index in [1.807, 2.05) is 6.92 Å². The van der Waals surface area contributed by atoms with Gasteiger partial charge in [0.05, 0.1) is 19.3 Å². The lowest BCUT2D eigenvalue weighted by Crippen LogP contribution is -2.50. The van der Waals surface area contributed by atoms with Gasteiger partial charge in [-0.25, -0.2) is 4.79 Å². The summed E-state index contributed by atoms with van der Waals surface area (Å²) in [5.74, 6) is -1.62. The highest BCUT2D eigenvalue weighted by molar-refractivity contribution is 5.77. The SMILES string of the molecule is CCN(CCCO)C(=O)N(C)C1COCC1C(=O)O. The highest BCUT2D eigenvalue weighted by Gasteiger charge is 2.39. The Labute approximate surface area is 112 Å². The second-order valence-corrected chi connectivity index (χ2v) is 4.60. The van der Waals surface area contributed by atoms with Gasteiger partial charge >= 0.3 is 12.0 Å². The van der Waals surface area contributed by atoms with Crippen LogP contribution in [0.15, 0.2) is 0 Å². The molecule has 2 amide bonds. The van der Waals surface area contributed by atoms with Crippen LogP contribution in [0.25, 0.3) is 0 Å². The van der Waals surface area contributed by atoms with Crippen molar-refractivity contribution < 1.29 is 24.5 Å². The van der Waals surface area contributed by atoms with Gasteiger partial charge < -0.3 is 24.7 Å². The molecule has 0 spiro atoms. The maximum Gasteiger partial charge on any atom is 0.320 e. The first-order valence-corrected chi connectivity index (χ1v) is 6.46. The van der Waals surface area contributed by atoms with Crippen molar-refractivity contribution in [2.24, 2.45) is 5.92 Å². The zero-order valence-corrected chi connectivity index (χ0v) is 11.4. The molecule has 0 bridgehead atoms. The van der Waals surface area contributed by atoms with E-state index in [1.165, 1.54) is 4.90 Å². The number of carbonyl (C=O) groups is 2. The topological polar surface area (TPSA) is 90.3 Å². The Bertz CT molecular complexity index is 323. The summed E-state index contributed by atoms with van der Waals surface area (Å²) < 4.78 is 5.16. The zero-order chi connectivity index (χ0) is 14.4. The van der Waals surface area contributed by atoms with E-state index in [1.54, 1.807) is 11.9 Å². The Morgan fingerprint density at radius 2 is 2.05 bits per heavy atom. The van der Waals surface area contributed by atoms with Crippen LogP contribution < -0.4 is 0 Å². The number of hydrogen-bond acceptors (Lipinski definition) is 4. The molecule has 1 fully saturated rings. The Morgan fingerprint density at radius 1 is 1.37 bits per heavy atom. The van der Waals surface area contributed by atoms with Crippen molar-refractivity contribution in [1.29, 1.82) is 0 Å². The summed E-state index contributed by atoms with van der Waals surface area (Å²) in [4.78, 5) is 26.4. The quantitative estimate of drug-likeness (QED) is 0.702. The van der Waals surface area contributed by atoms with Crippen LogP contribution in [0, 0.1) is 5.92 Å². The van der Waals surface area contributed by atoms with Crippen LogP contribution in [0.3, 0.4) is 0 Å². The van der Waals surface area contributed by atoms with Gasteiger partial charge in [0.25, 0.3) is 0 Å². The summed E-state index contributed by atoms with van der Waals surface area (Å²) in [6.45, 7) is 3.24. The van der Waals surface area contributed by atoms with Gasteiger partial charge in [-0.3, -0.25) is 4.79 Å². The second kappa shape index (κ2) is 7.30. The van der Waals surface area contributed by atoms with Gasteiger partial charge in [0.2, 0.25) is 0 Å². The zero-order valence-electron chi connectivity index (χ0n) is 11.4. The molecule has 2 atom stereocenters. The molecule has 1 aliphatic rings. The Kier molecular flexibility index (Phi) is 6.04. The van der Waals surface area contributed by atoms with Crippen molar-refractivity contribution in [2.45, 2.75) is 19.4 Å². The lowest BCUT2D eigenvalue weighted by atomic mass is 10.0. The molecule has 0 aromatic carbocycles. The van der Waals surface area contributed by atoms with Gasteiger partial charge in [0.1, 0.15) is 5.92 Å². The van der Waals surface area contributed by atoms with E-state index in [2.05, 4.69) is 0 Å². The molecule has 19 heavy (non-hydrogen) atoms. The minimum Gasteiger partial charge on any atom is -0.481 e. The molecule has 2 N–H and O–H groups in total. The Hall–Kier alpha value is -1.34. The highest BCUT2D eigenvalue weighted by atomic mass is 16.5.